The number of aromatic nitrogens is 2. The number of fused-ring (bicyclic) bond motifs is 1. The average Bonchev–Trinajstić information content (AvgIpc) is 3.06. The Hall–Kier alpha value is -3.07. The second-order valence-electron chi connectivity index (χ2n) is 6.55. The lowest BCUT2D eigenvalue weighted by Gasteiger charge is -2.16. The number of carbonyl (C=O) groups excluding carboxylic acids is 1. The smallest absolute Gasteiger partial charge is 0.416 e. The van der Waals surface area contributed by atoms with E-state index in [-0.39, 0.29) is 31.2 Å². The minimum Gasteiger partial charge on any atom is -0.489 e. The van der Waals surface area contributed by atoms with Crippen LogP contribution in [-0.4, -0.2) is 35.8 Å². The number of carbonyl (C=O) groups is 1. The minimum atomic E-state index is -4.54. The third-order valence-corrected chi connectivity index (χ3v) is 4.48. The standard InChI is InChI=1S/C21H22F3N3O3/c1-3-19-25-15-6-4-5-7-17(15)27(19)13-20(28)26-16-12-14(21(22,23)24)8-9-18(16)30-11-10-29-2/h4-9,12H,3,10-11,13H2,1-2H3,(H,26,28). The highest BCUT2D eigenvalue weighted by molar-refractivity contribution is 5.93. The monoisotopic (exact) mass is 421 g/mol. The Morgan fingerprint density at radius 1 is 1.17 bits per heavy atom. The lowest BCUT2D eigenvalue weighted by atomic mass is 10.1. The van der Waals surface area contributed by atoms with Gasteiger partial charge in [0.1, 0.15) is 24.7 Å². The Labute approximate surface area is 171 Å². The molecule has 2 aromatic carbocycles. The highest BCUT2D eigenvalue weighted by Crippen LogP contribution is 2.35. The maximum Gasteiger partial charge on any atom is 0.416 e. The van der Waals surface area contributed by atoms with E-state index in [1.165, 1.54) is 13.2 Å². The highest BCUT2D eigenvalue weighted by atomic mass is 19.4. The van der Waals surface area contributed by atoms with Crippen molar-refractivity contribution in [3.8, 4) is 5.75 Å². The van der Waals surface area contributed by atoms with Crippen LogP contribution >= 0.6 is 0 Å². The van der Waals surface area contributed by atoms with E-state index in [4.69, 9.17) is 9.47 Å². The number of nitrogens with one attached hydrogen (secondary N) is 1. The van der Waals surface area contributed by atoms with Gasteiger partial charge in [0.15, 0.2) is 0 Å². The number of methoxy groups -OCH3 is 1. The number of rotatable bonds is 8. The number of nitrogens with zero attached hydrogens (tertiary/aromatic N) is 2. The number of amides is 1. The summed E-state index contributed by atoms with van der Waals surface area (Å²) in [6, 6.07) is 10.4. The molecule has 0 aliphatic rings. The van der Waals surface area contributed by atoms with Crippen LogP contribution in [0.5, 0.6) is 5.75 Å². The quantitative estimate of drug-likeness (QED) is 0.552. The molecule has 30 heavy (non-hydrogen) atoms. The predicted molar refractivity (Wildman–Crippen MR) is 107 cm³/mol. The largest absolute Gasteiger partial charge is 0.489 e. The van der Waals surface area contributed by atoms with Gasteiger partial charge in [0.2, 0.25) is 5.91 Å². The molecule has 3 aromatic rings. The molecule has 0 fully saturated rings. The molecule has 1 aromatic heterocycles. The van der Waals surface area contributed by atoms with Gasteiger partial charge in [0.25, 0.3) is 0 Å². The van der Waals surface area contributed by atoms with Gasteiger partial charge in [-0.1, -0.05) is 19.1 Å². The molecule has 0 saturated heterocycles. The van der Waals surface area contributed by atoms with Crippen LogP contribution in [0.1, 0.15) is 18.3 Å². The Kier molecular flexibility index (Phi) is 6.61. The number of hydrogen-bond acceptors (Lipinski definition) is 4. The van der Waals surface area contributed by atoms with Crippen molar-refractivity contribution in [2.75, 3.05) is 25.6 Å². The van der Waals surface area contributed by atoms with Crippen LogP contribution in [0.2, 0.25) is 0 Å². The number of ether oxygens (including phenoxy) is 2. The summed E-state index contributed by atoms with van der Waals surface area (Å²) < 4.78 is 51.5. The normalized spacial score (nSPS) is 11.6. The first-order valence-corrected chi connectivity index (χ1v) is 9.40. The van der Waals surface area contributed by atoms with Crippen molar-refractivity contribution in [3.05, 3.63) is 53.9 Å². The molecule has 0 atom stereocenters. The molecule has 0 spiro atoms. The highest BCUT2D eigenvalue weighted by Gasteiger charge is 2.31. The van der Waals surface area contributed by atoms with Gasteiger partial charge in [-0.3, -0.25) is 4.79 Å². The number of para-hydroxylation sites is 2. The number of imidazole rings is 1. The molecule has 1 amide bonds. The van der Waals surface area contributed by atoms with E-state index in [1.807, 2.05) is 31.2 Å². The lowest BCUT2D eigenvalue weighted by Crippen LogP contribution is -2.21. The summed E-state index contributed by atoms with van der Waals surface area (Å²) in [5, 5.41) is 2.55. The first-order valence-electron chi connectivity index (χ1n) is 9.40. The van der Waals surface area contributed by atoms with Gasteiger partial charge in [0, 0.05) is 13.5 Å². The Bertz CT molecular complexity index is 1030. The van der Waals surface area contributed by atoms with Crippen LogP contribution in [0.3, 0.4) is 0 Å². The van der Waals surface area contributed by atoms with Crippen molar-refractivity contribution in [3.63, 3.8) is 0 Å². The summed E-state index contributed by atoms with van der Waals surface area (Å²) in [4.78, 5) is 17.2. The van der Waals surface area contributed by atoms with Crippen molar-refractivity contribution >= 4 is 22.6 Å². The van der Waals surface area contributed by atoms with E-state index in [1.54, 1.807) is 4.57 Å². The fourth-order valence-corrected chi connectivity index (χ4v) is 3.07. The predicted octanol–water partition coefficient (Wildman–Crippen LogP) is 4.28. The average molecular weight is 421 g/mol. The molecule has 0 saturated carbocycles. The molecule has 9 heteroatoms. The van der Waals surface area contributed by atoms with E-state index in [9.17, 15) is 18.0 Å². The minimum absolute atomic E-state index is 0.0478. The van der Waals surface area contributed by atoms with Gasteiger partial charge in [-0.05, 0) is 30.3 Å². The van der Waals surface area contributed by atoms with E-state index >= 15 is 0 Å². The summed E-state index contributed by atoms with van der Waals surface area (Å²) in [5.74, 6) is 0.371. The molecule has 0 aliphatic heterocycles. The second kappa shape index (κ2) is 9.17. The van der Waals surface area contributed by atoms with E-state index in [0.717, 1.165) is 23.2 Å². The summed E-state index contributed by atoms with van der Waals surface area (Å²) in [6.07, 6.45) is -3.93. The number of hydrogen-bond donors (Lipinski definition) is 1. The van der Waals surface area contributed by atoms with Crippen molar-refractivity contribution in [1.82, 2.24) is 9.55 Å². The molecule has 1 N–H and O–H groups in total. The third kappa shape index (κ3) is 4.91. The molecule has 0 radical (unpaired) electrons. The molecule has 0 unspecified atom stereocenters. The molecule has 160 valence electrons. The number of alkyl halides is 3. The lowest BCUT2D eigenvalue weighted by molar-refractivity contribution is -0.137. The van der Waals surface area contributed by atoms with Crippen molar-refractivity contribution in [2.24, 2.45) is 0 Å². The van der Waals surface area contributed by atoms with Gasteiger partial charge >= 0.3 is 6.18 Å². The van der Waals surface area contributed by atoms with Gasteiger partial charge in [-0.15, -0.1) is 0 Å². The van der Waals surface area contributed by atoms with Crippen LogP contribution in [0, 0.1) is 0 Å². The number of anilines is 1. The molecule has 0 bridgehead atoms. The molecular formula is C21H22F3N3O3. The van der Waals surface area contributed by atoms with Gasteiger partial charge in [0.05, 0.1) is 28.9 Å². The number of benzene rings is 2. The Morgan fingerprint density at radius 2 is 1.93 bits per heavy atom. The van der Waals surface area contributed by atoms with Crippen molar-refractivity contribution in [1.29, 1.82) is 0 Å². The Morgan fingerprint density at radius 3 is 2.63 bits per heavy atom. The molecule has 6 nitrogen and oxygen atoms in total. The number of halogens is 3. The molecule has 3 rings (SSSR count). The molecule has 1 heterocycles. The zero-order valence-corrected chi connectivity index (χ0v) is 16.6. The van der Waals surface area contributed by atoms with Crippen LogP contribution < -0.4 is 10.1 Å². The summed E-state index contributed by atoms with van der Waals surface area (Å²) in [6.45, 7) is 2.23. The van der Waals surface area contributed by atoms with E-state index < -0.39 is 17.6 Å². The Balaban J connectivity index is 1.86. The van der Waals surface area contributed by atoms with E-state index in [2.05, 4.69) is 10.3 Å². The SMILES string of the molecule is CCc1nc2ccccc2n1CC(=O)Nc1cc(C(F)(F)F)ccc1OCCOC. The van der Waals surface area contributed by atoms with Crippen molar-refractivity contribution in [2.45, 2.75) is 26.1 Å². The summed E-state index contributed by atoms with van der Waals surface area (Å²) in [7, 11) is 1.49. The first-order chi connectivity index (χ1) is 14.3. The summed E-state index contributed by atoms with van der Waals surface area (Å²) >= 11 is 0. The fraction of sp³-hybridized carbons (Fsp3) is 0.333. The zero-order valence-electron chi connectivity index (χ0n) is 16.6. The van der Waals surface area contributed by atoms with Gasteiger partial charge < -0.3 is 19.4 Å². The van der Waals surface area contributed by atoms with Crippen LogP contribution in [0.15, 0.2) is 42.5 Å². The number of aryl methyl sites for hydroxylation is 1. The second-order valence-corrected chi connectivity index (χ2v) is 6.55. The van der Waals surface area contributed by atoms with Gasteiger partial charge in [-0.25, -0.2) is 4.98 Å². The van der Waals surface area contributed by atoms with Crippen LogP contribution in [-0.2, 0) is 28.7 Å². The fourth-order valence-electron chi connectivity index (χ4n) is 3.07. The maximum atomic E-state index is 13.1. The summed E-state index contributed by atoms with van der Waals surface area (Å²) in [5.41, 5.74) is 0.613. The maximum absolute atomic E-state index is 13.1. The van der Waals surface area contributed by atoms with Gasteiger partial charge in [-0.2, -0.15) is 13.2 Å². The van der Waals surface area contributed by atoms with Crippen LogP contribution in [0.4, 0.5) is 18.9 Å². The molecule has 0 aliphatic carbocycles. The third-order valence-electron chi connectivity index (χ3n) is 4.48. The topological polar surface area (TPSA) is 65.4 Å². The molecular weight excluding hydrogens is 399 g/mol. The van der Waals surface area contributed by atoms with Crippen LogP contribution in [0.25, 0.3) is 11.0 Å². The zero-order chi connectivity index (χ0) is 21.7. The van der Waals surface area contributed by atoms with Crippen molar-refractivity contribution < 1.29 is 27.4 Å². The first kappa shape index (κ1) is 21.6. The van der Waals surface area contributed by atoms with E-state index in [0.29, 0.717) is 12.2 Å².